The van der Waals surface area contributed by atoms with Gasteiger partial charge in [0.15, 0.2) is 0 Å². The van der Waals surface area contributed by atoms with E-state index in [1.807, 2.05) is 25.3 Å². The molecule has 1 unspecified atom stereocenters. The van der Waals surface area contributed by atoms with Crippen LogP contribution in [0.2, 0.25) is 0 Å². The van der Waals surface area contributed by atoms with Gasteiger partial charge in [-0.2, -0.15) is 0 Å². The summed E-state index contributed by atoms with van der Waals surface area (Å²) in [6, 6.07) is 14.7. The number of allylic oxidation sites excluding steroid dienone is 6. The van der Waals surface area contributed by atoms with Crippen molar-refractivity contribution < 1.29 is 9.47 Å². The van der Waals surface area contributed by atoms with Crippen molar-refractivity contribution in [1.82, 2.24) is 0 Å². The van der Waals surface area contributed by atoms with Crippen LogP contribution < -0.4 is 14.2 Å². The smallest absolute Gasteiger partial charge is 0.130 e. The second-order valence-electron chi connectivity index (χ2n) is 8.70. The van der Waals surface area contributed by atoms with Crippen LogP contribution in [0.5, 0.6) is 11.5 Å². The summed E-state index contributed by atoms with van der Waals surface area (Å²) in [5, 5.41) is 0. The molecular weight excluding hydrogens is 462 g/mol. The van der Waals surface area contributed by atoms with Gasteiger partial charge in [0.2, 0.25) is 0 Å². The molecule has 0 saturated heterocycles. The molecule has 0 aliphatic rings. The summed E-state index contributed by atoms with van der Waals surface area (Å²) in [5.74, 6) is 2.16. The van der Waals surface area contributed by atoms with Gasteiger partial charge in [0.1, 0.15) is 11.5 Å². The number of methoxy groups -OCH3 is 1. The van der Waals surface area contributed by atoms with E-state index < -0.39 is 0 Å². The highest BCUT2D eigenvalue weighted by Gasteiger charge is 2.19. The summed E-state index contributed by atoms with van der Waals surface area (Å²) in [5.41, 5.74) is 8.13. The van der Waals surface area contributed by atoms with Crippen LogP contribution in [-0.4, -0.2) is 20.0 Å². The topological polar surface area (TPSA) is 30.5 Å². The SMILES string of the molecule is C=C/C(C)=C(CC)/C(=C(/C)c1cccc(NSC)c1)c1ccc(OCC(C)CC)cc1OC.C=CC. The van der Waals surface area contributed by atoms with Crippen molar-refractivity contribution in [3.63, 3.8) is 0 Å². The first kappa shape index (κ1) is 31.2. The van der Waals surface area contributed by atoms with Crippen LogP contribution in [0.4, 0.5) is 5.69 Å². The van der Waals surface area contributed by atoms with Gasteiger partial charge in [-0.1, -0.05) is 70.0 Å². The normalized spacial score (nSPS) is 12.8. The van der Waals surface area contributed by atoms with E-state index >= 15 is 0 Å². The number of rotatable bonds is 12. The molecule has 0 spiro atoms. The summed E-state index contributed by atoms with van der Waals surface area (Å²) < 4.78 is 15.3. The van der Waals surface area contributed by atoms with E-state index in [1.54, 1.807) is 25.1 Å². The highest BCUT2D eigenvalue weighted by molar-refractivity contribution is 7.99. The fraction of sp³-hybridized carbons (Fsp3) is 0.375. The molecule has 0 aliphatic heterocycles. The van der Waals surface area contributed by atoms with E-state index in [9.17, 15) is 0 Å². The lowest BCUT2D eigenvalue weighted by atomic mass is 9.86. The minimum absolute atomic E-state index is 0.514. The van der Waals surface area contributed by atoms with Crippen molar-refractivity contribution in [1.29, 1.82) is 0 Å². The molecule has 0 heterocycles. The fourth-order valence-corrected chi connectivity index (χ4v) is 4.13. The predicted molar refractivity (Wildman–Crippen MR) is 163 cm³/mol. The Labute approximate surface area is 224 Å². The molecule has 2 rings (SSSR count). The zero-order valence-electron chi connectivity index (χ0n) is 23.5. The highest BCUT2D eigenvalue weighted by Crippen LogP contribution is 2.41. The molecule has 0 fully saturated rings. The molecule has 2 aromatic carbocycles. The van der Waals surface area contributed by atoms with Crippen molar-refractivity contribution in [3.05, 3.63) is 90.0 Å². The first-order valence-electron chi connectivity index (χ1n) is 12.6. The molecule has 0 aromatic heterocycles. The Morgan fingerprint density at radius 2 is 1.81 bits per heavy atom. The average Bonchev–Trinajstić information content (AvgIpc) is 2.90. The van der Waals surface area contributed by atoms with Gasteiger partial charge in [-0.3, -0.25) is 0 Å². The standard InChI is InChI=1S/C29H39NO2S.C3H6/c1-9-20(4)19-32-25-15-16-27(28(18-25)31-7)29(26(11-3)21(5)10-2)22(6)23-13-12-14-24(17-23)30-33-8;1-3-2/h10,12-18,20,30H,2,9,11,19H2,1,3-8H3;3H,1H2,2H3/b26-21+,29-22+;. The Morgan fingerprint density at radius 1 is 1.11 bits per heavy atom. The third-order valence-electron chi connectivity index (χ3n) is 6.00. The second-order valence-corrected chi connectivity index (χ2v) is 9.31. The minimum Gasteiger partial charge on any atom is -0.496 e. The molecule has 0 radical (unpaired) electrons. The fourth-order valence-electron chi connectivity index (χ4n) is 3.77. The van der Waals surface area contributed by atoms with Crippen molar-refractivity contribution in [2.75, 3.05) is 24.7 Å². The van der Waals surface area contributed by atoms with Crippen LogP contribution in [0.1, 0.15) is 65.5 Å². The van der Waals surface area contributed by atoms with E-state index in [0.717, 1.165) is 35.6 Å². The summed E-state index contributed by atoms with van der Waals surface area (Å²) in [6.45, 7) is 20.9. The molecule has 3 nitrogen and oxygen atoms in total. The van der Waals surface area contributed by atoms with E-state index in [-0.39, 0.29) is 0 Å². The van der Waals surface area contributed by atoms with Crippen LogP contribution >= 0.6 is 11.9 Å². The predicted octanol–water partition coefficient (Wildman–Crippen LogP) is 9.85. The van der Waals surface area contributed by atoms with Crippen molar-refractivity contribution in [3.8, 4) is 11.5 Å². The van der Waals surface area contributed by atoms with Gasteiger partial charge in [-0.15, -0.1) is 6.58 Å². The van der Waals surface area contributed by atoms with E-state index in [1.165, 1.54) is 27.9 Å². The number of hydrogen-bond acceptors (Lipinski definition) is 4. The quantitative estimate of drug-likeness (QED) is 0.134. The van der Waals surface area contributed by atoms with Gasteiger partial charge < -0.3 is 14.2 Å². The van der Waals surface area contributed by atoms with Gasteiger partial charge in [0, 0.05) is 23.6 Å². The lowest BCUT2D eigenvalue weighted by molar-refractivity contribution is 0.255. The maximum Gasteiger partial charge on any atom is 0.130 e. The van der Waals surface area contributed by atoms with E-state index in [2.05, 4.69) is 88.9 Å². The average molecular weight is 508 g/mol. The zero-order chi connectivity index (χ0) is 27.1. The molecule has 4 heteroatoms. The first-order chi connectivity index (χ1) is 17.3. The van der Waals surface area contributed by atoms with Gasteiger partial charge in [0.25, 0.3) is 0 Å². The Balaban J connectivity index is 0.00000205. The molecule has 196 valence electrons. The second kappa shape index (κ2) is 16.8. The third kappa shape index (κ3) is 8.98. The highest BCUT2D eigenvalue weighted by atomic mass is 32.2. The van der Waals surface area contributed by atoms with Crippen molar-refractivity contribution in [2.24, 2.45) is 5.92 Å². The van der Waals surface area contributed by atoms with E-state index in [0.29, 0.717) is 12.5 Å². The largest absolute Gasteiger partial charge is 0.496 e. The van der Waals surface area contributed by atoms with Crippen molar-refractivity contribution in [2.45, 2.75) is 54.4 Å². The summed E-state index contributed by atoms with van der Waals surface area (Å²) >= 11 is 1.59. The summed E-state index contributed by atoms with van der Waals surface area (Å²) in [4.78, 5) is 0. The minimum atomic E-state index is 0.514. The van der Waals surface area contributed by atoms with Gasteiger partial charge in [-0.25, -0.2) is 0 Å². The van der Waals surface area contributed by atoms with Crippen LogP contribution in [-0.2, 0) is 0 Å². The van der Waals surface area contributed by atoms with Crippen LogP contribution in [0.25, 0.3) is 11.1 Å². The molecule has 1 atom stereocenters. The lowest BCUT2D eigenvalue weighted by Gasteiger charge is -2.21. The lowest BCUT2D eigenvalue weighted by Crippen LogP contribution is -2.07. The zero-order valence-corrected chi connectivity index (χ0v) is 24.4. The summed E-state index contributed by atoms with van der Waals surface area (Å²) in [6.07, 6.45) is 7.70. The molecule has 0 saturated carbocycles. The molecule has 0 bridgehead atoms. The number of benzene rings is 2. The Morgan fingerprint density at radius 3 is 2.36 bits per heavy atom. The Kier molecular flexibility index (Phi) is 14.5. The van der Waals surface area contributed by atoms with Crippen molar-refractivity contribution >= 4 is 28.8 Å². The number of nitrogens with one attached hydrogen (secondary N) is 1. The molecule has 0 amide bonds. The Bertz CT molecular complexity index is 1050. The molecule has 36 heavy (non-hydrogen) atoms. The maximum absolute atomic E-state index is 6.04. The number of ether oxygens (including phenoxy) is 2. The number of anilines is 1. The Hall–Kier alpha value is -2.85. The summed E-state index contributed by atoms with van der Waals surface area (Å²) in [7, 11) is 1.73. The molecular formula is C32H45NO2S. The molecule has 1 N–H and O–H groups in total. The monoisotopic (exact) mass is 507 g/mol. The third-order valence-corrected chi connectivity index (χ3v) is 6.44. The molecule has 0 aliphatic carbocycles. The van der Waals surface area contributed by atoms with Gasteiger partial charge >= 0.3 is 0 Å². The molecule has 2 aromatic rings. The number of hydrogen-bond donors (Lipinski definition) is 1. The van der Waals surface area contributed by atoms with Gasteiger partial charge in [-0.05, 0) is 85.2 Å². The van der Waals surface area contributed by atoms with E-state index in [4.69, 9.17) is 9.47 Å². The van der Waals surface area contributed by atoms with Crippen LogP contribution in [0.15, 0.2) is 78.9 Å². The maximum atomic E-state index is 6.04. The van der Waals surface area contributed by atoms with Gasteiger partial charge in [0.05, 0.1) is 13.7 Å². The first-order valence-corrected chi connectivity index (χ1v) is 13.8. The van der Waals surface area contributed by atoms with Crippen LogP contribution in [0, 0.1) is 5.92 Å². The van der Waals surface area contributed by atoms with Crippen LogP contribution in [0.3, 0.4) is 0 Å².